The van der Waals surface area contributed by atoms with Gasteiger partial charge < -0.3 is 4.90 Å². The summed E-state index contributed by atoms with van der Waals surface area (Å²) in [7, 11) is 0. The van der Waals surface area contributed by atoms with Crippen molar-refractivity contribution < 1.29 is 13.2 Å². The van der Waals surface area contributed by atoms with Crippen LogP contribution in [0.5, 0.6) is 0 Å². The largest absolute Gasteiger partial charge is 0.401 e. The molecule has 144 valence electrons. The van der Waals surface area contributed by atoms with E-state index >= 15 is 0 Å². The number of rotatable bonds is 2. The van der Waals surface area contributed by atoms with Crippen LogP contribution in [0.2, 0.25) is 0 Å². The SMILES string of the molecule is CC(C)(C)n1ncc2c(=O)[nH]c(N3CCCN(CC(F)(F)F)CC3)nc21. The second-order valence-corrected chi connectivity index (χ2v) is 7.59. The Labute approximate surface area is 148 Å². The lowest BCUT2D eigenvalue weighted by molar-refractivity contribution is -0.145. The van der Waals surface area contributed by atoms with Crippen LogP contribution in [-0.2, 0) is 5.54 Å². The number of hydrogen-bond acceptors (Lipinski definition) is 5. The quantitative estimate of drug-likeness (QED) is 0.873. The highest BCUT2D eigenvalue weighted by Gasteiger charge is 2.31. The van der Waals surface area contributed by atoms with Gasteiger partial charge in [-0.25, -0.2) is 4.68 Å². The first-order valence-corrected chi connectivity index (χ1v) is 8.57. The first-order chi connectivity index (χ1) is 12.0. The molecule has 10 heteroatoms. The number of aromatic nitrogens is 4. The van der Waals surface area contributed by atoms with Crippen molar-refractivity contribution in [2.24, 2.45) is 0 Å². The van der Waals surface area contributed by atoms with E-state index in [1.807, 2.05) is 25.7 Å². The molecule has 2 aromatic heterocycles. The van der Waals surface area contributed by atoms with Crippen LogP contribution in [0.1, 0.15) is 27.2 Å². The van der Waals surface area contributed by atoms with E-state index in [0.717, 1.165) is 0 Å². The Morgan fingerprint density at radius 1 is 1.15 bits per heavy atom. The van der Waals surface area contributed by atoms with Gasteiger partial charge in [-0.2, -0.15) is 23.3 Å². The molecule has 1 saturated heterocycles. The van der Waals surface area contributed by atoms with Crippen LogP contribution >= 0.6 is 0 Å². The third kappa shape index (κ3) is 4.00. The number of hydrogen-bond donors (Lipinski definition) is 1. The molecule has 0 spiro atoms. The van der Waals surface area contributed by atoms with Gasteiger partial charge in [-0.3, -0.25) is 14.7 Å². The number of nitrogens with one attached hydrogen (secondary N) is 1. The molecule has 0 saturated carbocycles. The maximum Gasteiger partial charge on any atom is 0.401 e. The van der Waals surface area contributed by atoms with E-state index in [1.165, 1.54) is 11.1 Å². The summed E-state index contributed by atoms with van der Waals surface area (Å²) in [5.74, 6) is 0.377. The standard InChI is InChI=1S/C16H23F3N6O/c1-15(2,3)25-12-11(9-20-25)13(26)22-14(21-12)24-6-4-5-23(7-8-24)10-16(17,18)19/h9H,4-8,10H2,1-3H3,(H,21,22,26). The maximum absolute atomic E-state index is 12.6. The Hall–Kier alpha value is -2.10. The van der Waals surface area contributed by atoms with Crippen LogP contribution in [0.4, 0.5) is 19.1 Å². The van der Waals surface area contributed by atoms with Crippen LogP contribution in [0.15, 0.2) is 11.0 Å². The summed E-state index contributed by atoms with van der Waals surface area (Å²) in [6.45, 7) is 6.50. The molecule has 0 radical (unpaired) electrons. The lowest BCUT2D eigenvalue weighted by atomic mass is 10.1. The fraction of sp³-hybridized carbons (Fsp3) is 0.688. The highest BCUT2D eigenvalue weighted by Crippen LogP contribution is 2.21. The Morgan fingerprint density at radius 2 is 1.88 bits per heavy atom. The highest BCUT2D eigenvalue weighted by molar-refractivity contribution is 5.74. The second-order valence-electron chi connectivity index (χ2n) is 7.59. The van der Waals surface area contributed by atoms with E-state index < -0.39 is 12.7 Å². The van der Waals surface area contributed by atoms with E-state index in [-0.39, 0.29) is 17.6 Å². The molecule has 1 N–H and O–H groups in total. The average molecular weight is 372 g/mol. The van der Waals surface area contributed by atoms with E-state index in [2.05, 4.69) is 15.1 Å². The van der Waals surface area contributed by atoms with Gasteiger partial charge in [0.2, 0.25) is 5.95 Å². The number of nitrogens with zero attached hydrogens (tertiary/aromatic N) is 5. The molecule has 1 aliphatic rings. The topological polar surface area (TPSA) is 70.1 Å². The minimum absolute atomic E-state index is 0.264. The van der Waals surface area contributed by atoms with Crippen LogP contribution in [0, 0.1) is 0 Å². The maximum atomic E-state index is 12.6. The molecular formula is C16H23F3N6O. The van der Waals surface area contributed by atoms with Crippen LogP contribution in [-0.4, -0.2) is 63.5 Å². The van der Waals surface area contributed by atoms with Crippen molar-refractivity contribution in [1.82, 2.24) is 24.6 Å². The molecule has 0 bridgehead atoms. The van der Waals surface area contributed by atoms with Gasteiger partial charge in [0.15, 0.2) is 5.65 Å². The summed E-state index contributed by atoms with van der Waals surface area (Å²) in [6, 6.07) is 0. The van der Waals surface area contributed by atoms with Crippen molar-refractivity contribution in [3.05, 3.63) is 16.6 Å². The minimum Gasteiger partial charge on any atom is -0.341 e. The Morgan fingerprint density at radius 3 is 2.54 bits per heavy atom. The predicted octanol–water partition coefficient (Wildman–Crippen LogP) is 1.95. The van der Waals surface area contributed by atoms with Crippen molar-refractivity contribution in [2.45, 2.75) is 38.9 Å². The van der Waals surface area contributed by atoms with Crippen LogP contribution < -0.4 is 10.5 Å². The van der Waals surface area contributed by atoms with E-state index in [0.29, 0.717) is 43.0 Å². The molecule has 26 heavy (non-hydrogen) atoms. The fourth-order valence-electron chi connectivity index (χ4n) is 3.14. The molecule has 7 nitrogen and oxygen atoms in total. The highest BCUT2D eigenvalue weighted by atomic mass is 19.4. The van der Waals surface area contributed by atoms with E-state index in [1.54, 1.807) is 4.68 Å². The van der Waals surface area contributed by atoms with Gasteiger partial charge in [0.25, 0.3) is 5.56 Å². The third-order valence-corrected chi connectivity index (χ3v) is 4.35. The van der Waals surface area contributed by atoms with Crippen molar-refractivity contribution in [1.29, 1.82) is 0 Å². The summed E-state index contributed by atoms with van der Waals surface area (Å²) in [6.07, 6.45) is -2.15. The molecule has 3 heterocycles. The van der Waals surface area contributed by atoms with Gasteiger partial charge in [0.1, 0.15) is 5.39 Å². The monoisotopic (exact) mass is 372 g/mol. The lowest BCUT2D eigenvalue weighted by Gasteiger charge is -2.24. The summed E-state index contributed by atoms with van der Waals surface area (Å²) < 4.78 is 39.5. The fourth-order valence-corrected chi connectivity index (χ4v) is 3.14. The molecule has 0 unspecified atom stereocenters. The second kappa shape index (κ2) is 6.57. The molecule has 1 aliphatic heterocycles. The van der Waals surface area contributed by atoms with Gasteiger partial charge in [0, 0.05) is 26.2 Å². The van der Waals surface area contributed by atoms with Gasteiger partial charge in [-0.1, -0.05) is 0 Å². The zero-order valence-electron chi connectivity index (χ0n) is 15.1. The van der Waals surface area contributed by atoms with Crippen LogP contribution in [0.3, 0.4) is 0 Å². The summed E-state index contributed by atoms with van der Waals surface area (Å²) in [4.78, 5) is 22.9. The molecular weight excluding hydrogens is 349 g/mol. The lowest BCUT2D eigenvalue weighted by Crippen LogP contribution is -2.37. The third-order valence-electron chi connectivity index (χ3n) is 4.35. The Balaban J connectivity index is 1.87. The van der Waals surface area contributed by atoms with Gasteiger partial charge in [-0.15, -0.1) is 0 Å². The smallest absolute Gasteiger partial charge is 0.341 e. The van der Waals surface area contributed by atoms with E-state index in [4.69, 9.17) is 0 Å². The van der Waals surface area contributed by atoms with Crippen molar-refractivity contribution >= 4 is 17.0 Å². The van der Waals surface area contributed by atoms with Gasteiger partial charge >= 0.3 is 6.18 Å². The number of H-pyrrole nitrogens is 1. The summed E-state index contributed by atoms with van der Waals surface area (Å²) >= 11 is 0. The summed E-state index contributed by atoms with van der Waals surface area (Å²) in [5, 5.41) is 4.67. The summed E-state index contributed by atoms with van der Waals surface area (Å²) in [5.41, 5.74) is -0.160. The minimum atomic E-state index is -4.21. The first kappa shape index (κ1) is 18.7. The normalized spacial score (nSPS) is 17.7. The van der Waals surface area contributed by atoms with Gasteiger partial charge in [-0.05, 0) is 27.2 Å². The molecule has 0 aliphatic carbocycles. The average Bonchev–Trinajstić information content (AvgIpc) is 2.81. The van der Waals surface area contributed by atoms with Crippen molar-refractivity contribution in [3.8, 4) is 0 Å². The predicted molar refractivity (Wildman–Crippen MR) is 92.5 cm³/mol. The molecule has 1 fully saturated rings. The molecule has 2 aromatic rings. The van der Waals surface area contributed by atoms with E-state index in [9.17, 15) is 18.0 Å². The van der Waals surface area contributed by atoms with Crippen molar-refractivity contribution in [3.63, 3.8) is 0 Å². The molecule has 0 amide bonds. The molecule has 3 rings (SSSR count). The zero-order chi connectivity index (χ0) is 19.1. The first-order valence-electron chi connectivity index (χ1n) is 8.57. The van der Waals surface area contributed by atoms with Crippen molar-refractivity contribution in [2.75, 3.05) is 37.6 Å². The molecule has 0 aromatic carbocycles. The molecule has 0 atom stereocenters. The Kier molecular flexibility index (Phi) is 4.72. The Bertz CT molecular complexity index is 835. The number of halogens is 3. The number of anilines is 1. The zero-order valence-corrected chi connectivity index (χ0v) is 15.1. The van der Waals surface area contributed by atoms with Gasteiger partial charge in [0.05, 0.1) is 18.3 Å². The van der Waals surface area contributed by atoms with Crippen LogP contribution in [0.25, 0.3) is 11.0 Å². The number of aromatic amines is 1. The number of alkyl halides is 3. The number of fused-ring (bicyclic) bond motifs is 1.